The van der Waals surface area contributed by atoms with E-state index in [1.807, 2.05) is 0 Å². The van der Waals surface area contributed by atoms with E-state index < -0.39 is 5.97 Å². The van der Waals surface area contributed by atoms with Gasteiger partial charge in [0.1, 0.15) is 0 Å². The Morgan fingerprint density at radius 2 is 1.63 bits per heavy atom. The Balaban J connectivity index is 1.54. The van der Waals surface area contributed by atoms with E-state index in [1.54, 1.807) is 11.9 Å². The summed E-state index contributed by atoms with van der Waals surface area (Å²) in [5.74, 6) is -1.30. The molecule has 1 saturated carbocycles. The largest absolute Gasteiger partial charge is 0.452 e. The second-order valence-corrected chi connectivity index (χ2v) is 7.04. The quantitative estimate of drug-likeness (QED) is 0.585. The highest BCUT2D eigenvalue weighted by Crippen LogP contribution is 2.23. The number of rotatable bonds is 5. The third-order valence-electron chi connectivity index (χ3n) is 5.26. The van der Waals surface area contributed by atoms with Gasteiger partial charge in [0.2, 0.25) is 11.8 Å². The lowest BCUT2D eigenvalue weighted by Gasteiger charge is -2.31. The number of nitrogens with zero attached hydrogens (tertiary/aromatic N) is 2. The fraction of sp³-hybridized carbons (Fsp3) is 0.500. The molecule has 144 valence electrons. The van der Waals surface area contributed by atoms with E-state index in [0.29, 0.717) is 5.69 Å². The molecule has 2 fully saturated rings. The molecule has 2 aliphatic rings. The van der Waals surface area contributed by atoms with Gasteiger partial charge < -0.3 is 9.64 Å². The zero-order valence-corrected chi connectivity index (χ0v) is 15.5. The minimum Gasteiger partial charge on any atom is -0.452 e. The SMILES string of the molecule is CN(C(=O)COC(=O)c1ccc(N2C(=O)CCC2=O)cc1)C1CCCCC1. The van der Waals surface area contributed by atoms with Crippen LogP contribution in [0.2, 0.25) is 0 Å². The fourth-order valence-electron chi connectivity index (χ4n) is 3.60. The van der Waals surface area contributed by atoms with Gasteiger partial charge in [0.05, 0.1) is 11.3 Å². The van der Waals surface area contributed by atoms with Crippen molar-refractivity contribution in [2.45, 2.75) is 51.0 Å². The number of carbonyl (C=O) groups excluding carboxylic acids is 4. The van der Waals surface area contributed by atoms with E-state index in [9.17, 15) is 19.2 Å². The number of hydrogen-bond acceptors (Lipinski definition) is 5. The van der Waals surface area contributed by atoms with E-state index >= 15 is 0 Å². The van der Waals surface area contributed by atoms with E-state index in [1.165, 1.54) is 30.7 Å². The van der Waals surface area contributed by atoms with Crippen molar-refractivity contribution < 1.29 is 23.9 Å². The third-order valence-corrected chi connectivity index (χ3v) is 5.26. The van der Waals surface area contributed by atoms with Crippen LogP contribution >= 0.6 is 0 Å². The lowest BCUT2D eigenvalue weighted by atomic mass is 9.94. The van der Waals surface area contributed by atoms with Gasteiger partial charge in [0, 0.05) is 25.9 Å². The first-order chi connectivity index (χ1) is 13.0. The maximum Gasteiger partial charge on any atom is 0.338 e. The standard InChI is InChI=1S/C20H24N2O5/c1-21(15-5-3-2-4-6-15)19(25)13-27-20(26)14-7-9-16(10-8-14)22-17(23)11-12-18(22)24/h7-10,15H,2-6,11-13H2,1H3. The van der Waals surface area contributed by atoms with Crippen molar-refractivity contribution in [2.24, 2.45) is 0 Å². The molecule has 0 spiro atoms. The van der Waals surface area contributed by atoms with Gasteiger partial charge in [-0.2, -0.15) is 0 Å². The Kier molecular flexibility index (Phi) is 5.88. The average molecular weight is 372 g/mol. The van der Waals surface area contributed by atoms with Crippen molar-refractivity contribution in [1.29, 1.82) is 0 Å². The number of hydrogen-bond donors (Lipinski definition) is 0. The molecule has 0 radical (unpaired) electrons. The Morgan fingerprint density at radius 3 is 2.22 bits per heavy atom. The fourth-order valence-corrected chi connectivity index (χ4v) is 3.60. The molecule has 1 aromatic carbocycles. The van der Waals surface area contributed by atoms with E-state index in [-0.39, 0.29) is 48.8 Å². The molecule has 0 N–H and O–H groups in total. The highest BCUT2D eigenvalue weighted by atomic mass is 16.5. The van der Waals surface area contributed by atoms with Gasteiger partial charge >= 0.3 is 5.97 Å². The Bertz CT molecular complexity index is 721. The van der Waals surface area contributed by atoms with Gasteiger partial charge in [-0.25, -0.2) is 4.79 Å². The monoisotopic (exact) mass is 372 g/mol. The minimum atomic E-state index is -0.606. The highest BCUT2D eigenvalue weighted by molar-refractivity contribution is 6.19. The number of ether oxygens (including phenoxy) is 1. The summed E-state index contributed by atoms with van der Waals surface area (Å²) >= 11 is 0. The number of esters is 1. The second kappa shape index (κ2) is 8.33. The van der Waals surface area contributed by atoms with Crippen LogP contribution in [0.15, 0.2) is 24.3 Å². The molecule has 1 aliphatic carbocycles. The number of imide groups is 1. The van der Waals surface area contributed by atoms with Crippen LogP contribution < -0.4 is 4.90 Å². The number of likely N-dealkylation sites (N-methyl/N-ethyl adjacent to an activating group) is 1. The summed E-state index contributed by atoms with van der Waals surface area (Å²) in [6.45, 7) is -0.295. The van der Waals surface area contributed by atoms with Crippen molar-refractivity contribution in [2.75, 3.05) is 18.6 Å². The molecule has 1 aliphatic heterocycles. The molecule has 3 rings (SSSR count). The van der Waals surface area contributed by atoms with Gasteiger partial charge in [-0.3, -0.25) is 19.3 Å². The van der Waals surface area contributed by atoms with Gasteiger partial charge in [0.15, 0.2) is 6.61 Å². The number of carbonyl (C=O) groups is 4. The number of benzene rings is 1. The predicted molar refractivity (Wildman–Crippen MR) is 98.1 cm³/mol. The van der Waals surface area contributed by atoms with Crippen LogP contribution in [0.5, 0.6) is 0 Å². The lowest BCUT2D eigenvalue weighted by molar-refractivity contribution is -0.135. The van der Waals surface area contributed by atoms with Crippen molar-refractivity contribution in [3.63, 3.8) is 0 Å². The van der Waals surface area contributed by atoms with Crippen molar-refractivity contribution >= 4 is 29.4 Å². The summed E-state index contributed by atoms with van der Waals surface area (Å²) in [7, 11) is 1.75. The highest BCUT2D eigenvalue weighted by Gasteiger charge is 2.30. The topological polar surface area (TPSA) is 84.0 Å². The summed E-state index contributed by atoms with van der Waals surface area (Å²) in [5, 5.41) is 0. The van der Waals surface area contributed by atoms with Gasteiger partial charge in [-0.05, 0) is 37.1 Å². The summed E-state index contributed by atoms with van der Waals surface area (Å²) in [6.07, 6.45) is 5.85. The van der Waals surface area contributed by atoms with Gasteiger partial charge in [0.25, 0.3) is 5.91 Å². The molecular formula is C20H24N2O5. The van der Waals surface area contributed by atoms with Gasteiger partial charge in [-0.15, -0.1) is 0 Å². The van der Waals surface area contributed by atoms with Crippen LogP contribution in [0.4, 0.5) is 5.69 Å². The van der Waals surface area contributed by atoms with Crippen LogP contribution in [0.25, 0.3) is 0 Å². The van der Waals surface area contributed by atoms with Gasteiger partial charge in [-0.1, -0.05) is 19.3 Å². The van der Waals surface area contributed by atoms with Crippen molar-refractivity contribution in [3.05, 3.63) is 29.8 Å². The molecule has 27 heavy (non-hydrogen) atoms. The van der Waals surface area contributed by atoms with E-state index in [0.717, 1.165) is 30.6 Å². The van der Waals surface area contributed by atoms with Crippen molar-refractivity contribution in [3.8, 4) is 0 Å². The molecule has 1 saturated heterocycles. The zero-order valence-electron chi connectivity index (χ0n) is 15.5. The minimum absolute atomic E-state index is 0.208. The maximum atomic E-state index is 12.2. The second-order valence-electron chi connectivity index (χ2n) is 7.04. The van der Waals surface area contributed by atoms with E-state index in [2.05, 4.69) is 0 Å². The Hall–Kier alpha value is -2.70. The number of amides is 3. The average Bonchev–Trinajstić information content (AvgIpc) is 3.04. The zero-order chi connectivity index (χ0) is 19.4. The summed E-state index contributed by atoms with van der Waals surface area (Å²) in [4.78, 5) is 50.7. The maximum absolute atomic E-state index is 12.2. The smallest absolute Gasteiger partial charge is 0.338 e. The van der Waals surface area contributed by atoms with Crippen LogP contribution in [0.1, 0.15) is 55.3 Å². The Morgan fingerprint density at radius 1 is 1.04 bits per heavy atom. The molecular weight excluding hydrogens is 348 g/mol. The summed E-state index contributed by atoms with van der Waals surface area (Å²) in [5.41, 5.74) is 0.707. The van der Waals surface area contributed by atoms with Crippen LogP contribution in [0, 0.1) is 0 Å². The van der Waals surface area contributed by atoms with E-state index in [4.69, 9.17) is 4.74 Å². The normalized spacial score (nSPS) is 17.9. The first-order valence-electron chi connectivity index (χ1n) is 9.36. The molecule has 0 bridgehead atoms. The molecule has 0 unspecified atom stereocenters. The molecule has 7 nitrogen and oxygen atoms in total. The Labute approximate surface area is 158 Å². The molecule has 0 aromatic heterocycles. The molecule has 3 amide bonds. The third kappa shape index (κ3) is 4.35. The molecule has 0 atom stereocenters. The van der Waals surface area contributed by atoms with Crippen LogP contribution in [-0.4, -0.2) is 48.3 Å². The summed E-state index contributed by atoms with van der Waals surface area (Å²) < 4.78 is 5.13. The first kappa shape index (κ1) is 19.1. The summed E-state index contributed by atoms with van der Waals surface area (Å²) in [6, 6.07) is 6.28. The van der Waals surface area contributed by atoms with Crippen LogP contribution in [0.3, 0.4) is 0 Å². The van der Waals surface area contributed by atoms with Crippen LogP contribution in [-0.2, 0) is 19.1 Å². The predicted octanol–water partition coefficient (Wildman–Crippen LogP) is 2.29. The number of anilines is 1. The first-order valence-corrected chi connectivity index (χ1v) is 9.36. The van der Waals surface area contributed by atoms with Crippen molar-refractivity contribution in [1.82, 2.24) is 4.90 Å². The lowest BCUT2D eigenvalue weighted by Crippen LogP contribution is -2.40. The molecule has 7 heteroatoms. The molecule has 1 aromatic rings. The molecule has 1 heterocycles.